The zero-order valence-corrected chi connectivity index (χ0v) is 7.00. The van der Waals surface area contributed by atoms with Crippen molar-refractivity contribution in [2.75, 3.05) is 19.7 Å². The number of aliphatic hydroxyl groups excluding tert-OH is 3. The topological polar surface area (TPSA) is 101 Å². The summed E-state index contributed by atoms with van der Waals surface area (Å²) in [5.41, 5.74) is 0. The number of carbonyl (C=O) groups is 1. The molecule has 1 fully saturated rings. The molecule has 3 atom stereocenters. The summed E-state index contributed by atoms with van der Waals surface area (Å²) in [6.07, 6.45) is -2.04. The van der Waals surface area contributed by atoms with Crippen LogP contribution in [0.2, 0.25) is 0 Å². The number of aliphatic carboxylic acids is 1. The molecule has 0 amide bonds. The standard InChI is InChI=1S/C7H13NO5/c9-3-4-7(13)5(10)1-8(4)2-6(11)12/h4-5,7,9-10,13H,1-3H2,(H,11,12). The van der Waals surface area contributed by atoms with Gasteiger partial charge in [-0.15, -0.1) is 0 Å². The van der Waals surface area contributed by atoms with Crippen LogP contribution >= 0.6 is 0 Å². The van der Waals surface area contributed by atoms with E-state index in [-0.39, 0.29) is 19.7 Å². The number of rotatable bonds is 3. The average molecular weight is 191 g/mol. The van der Waals surface area contributed by atoms with Gasteiger partial charge in [-0.1, -0.05) is 0 Å². The third-order valence-electron chi connectivity index (χ3n) is 2.20. The van der Waals surface area contributed by atoms with Crippen LogP contribution in [0.25, 0.3) is 0 Å². The molecular formula is C7H13NO5. The van der Waals surface area contributed by atoms with E-state index in [1.165, 1.54) is 4.90 Å². The first kappa shape index (κ1) is 10.4. The van der Waals surface area contributed by atoms with Crippen molar-refractivity contribution in [3.63, 3.8) is 0 Å². The lowest BCUT2D eigenvalue weighted by Crippen LogP contribution is -2.41. The highest BCUT2D eigenvalue weighted by atomic mass is 16.4. The molecule has 0 saturated carbocycles. The van der Waals surface area contributed by atoms with Crippen LogP contribution in [0.15, 0.2) is 0 Å². The van der Waals surface area contributed by atoms with E-state index < -0.39 is 24.2 Å². The molecule has 1 rings (SSSR count). The average Bonchev–Trinajstić information content (AvgIpc) is 2.27. The van der Waals surface area contributed by atoms with E-state index >= 15 is 0 Å². The van der Waals surface area contributed by atoms with Gasteiger partial charge in [0.25, 0.3) is 0 Å². The van der Waals surface area contributed by atoms with Gasteiger partial charge in [0.1, 0.15) is 0 Å². The molecule has 0 spiro atoms. The molecule has 0 aromatic carbocycles. The monoisotopic (exact) mass is 191 g/mol. The number of hydrogen-bond acceptors (Lipinski definition) is 5. The second-order valence-electron chi connectivity index (χ2n) is 3.13. The Morgan fingerprint density at radius 2 is 2.08 bits per heavy atom. The largest absolute Gasteiger partial charge is 0.480 e. The van der Waals surface area contributed by atoms with Crippen molar-refractivity contribution < 1.29 is 25.2 Å². The van der Waals surface area contributed by atoms with Gasteiger partial charge in [-0.3, -0.25) is 9.69 Å². The molecule has 0 radical (unpaired) electrons. The Balaban J connectivity index is 2.59. The van der Waals surface area contributed by atoms with E-state index in [0.29, 0.717) is 0 Å². The number of carboxylic acid groups (broad SMARTS) is 1. The van der Waals surface area contributed by atoms with Gasteiger partial charge in [0.05, 0.1) is 31.4 Å². The molecule has 6 heteroatoms. The minimum absolute atomic E-state index is 0.0820. The summed E-state index contributed by atoms with van der Waals surface area (Å²) in [6.45, 7) is -0.552. The molecule has 6 nitrogen and oxygen atoms in total. The van der Waals surface area contributed by atoms with E-state index in [9.17, 15) is 15.0 Å². The van der Waals surface area contributed by atoms with Crippen LogP contribution in [0.5, 0.6) is 0 Å². The SMILES string of the molecule is O=C(O)CN1CC(O)C(O)C1CO. The minimum Gasteiger partial charge on any atom is -0.480 e. The maximum Gasteiger partial charge on any atom is 0.317 e. The molecule has 1 aliphatic rings. The molecule has 1 saturated heterocycles. The van der Waals surface area contributed by atoms with Gasteiger partial charge in [0.15, 0.2) is 0 Å². The fourth-order valence-electron chi connectivity index (χ4n) is 1.54. The first-order chi connectivity index (χ1) is 6.06. The molecule has 0 aromatic heterocycles. The number of β-amino-alcohol motifs (C(OH)–C–C–N with tert-alkyl or cyclic N) is 1. The highest BCUT2D eigenvalue weighted by Gasteiger charge is 2.39. The van der Waals surface area contributed by atoms with Crippen molar-refractivity contribution in [2.24, 2.45) is 0 Å². The molecule has 0 bridgehead atoms. The Kier molecular flexibility index (Phi) is 3.21. The summed E-state index contributed by atoms with van der Waals surface area (Å²) >= 11 is 0. The maximum atomic E-state index is 10.3. The lowest BCUT2D eigenvalue weighted by molar-refractivity contribution is -0.138. The molecule has 1 aliphatic heterocycles. The van der Waals surface area contributed by atoms with E-state index in [4.69, 9.17) is 10.2 Å². The lowest BCUT2D eigenvalue weighted by atomic mass is 10.1. The van der Waals surface area contributed by atoms with Crippen LogP contribution < -0.4 is 0 Å². The first-order valence-electron chi connectivity index (χ1n) is 3.99. The van der Waals surface area contributed by atoms with Crippen LogP contribution in [0.1, 0.15) is 0 Å². The fraction of sp³-hybridized carbons (Fsp3) is 0.857. The van der Waals surface area contributed by atoms with Gasteiger partial charge in [-0.25, -0.2) is 0 Å². The van der Waals surface area contributed by atoms with Crippen molar-refractivity contribution in [1.29, 1.82) is 0 Å². The maximum absolute atomic E-state index is 10.3. The Labute approximate surface area is 75.0 Å². The van der Waals surface area contributed by atoms with Crippen molar-refractivity contribution >= 4 is 5.97 Å². The summed E-state index contributed by atoms with van der Waals surface area (Å²) in [7, 11) is 0. The minimum atomic E-state index is -1.07. The Hall–Kier alpha value is -0.690. The van der Waals surface area contributed by atoms with Gasteiger partial charge >= 0.3 is 5.97 Å². The van der Waals surface area contributed by atoms with Crippen molar-refractivity contribution in [3.8, 4) is 0 Å². The summed E-state index contributed by atoms with van der Waals surface area (Å²) in [5.74, 6) is -1.04. The molecule has 13 heavy (non-hydrogen) atoms. The fourth-order valence-corrected chi connectivity index (χ4v) is 1.54. The smallest absolute Gasteiger partial charge is 0.317 e. The third kappa shape index (κ3) is 2.16. The Morgan fingerprint density at radius 3 is 2.54 bits per heavy atom. The number of likely N-dealkylation sites (tertiary alicyclic amines) is 1. The van der Waals surface area contributed by atoms with Gasteiger partial charge in [0.2, 0.25) is 0 Å². The zero-order valence-electron chi connectivity index (χ0n) is 7.00. The number of aliphatic hydroxyl groups is 3. The Bertz CT molecular complexity index is 197. The first-order valence-corrected chi connectivity index (χ1v) is 3.99. The normalized spacial score (nSPS) is 35.2. The molecule has 0 aromatic rings. The second kappa shape index (κ2) is 4.01. The highest BCUT2D eigenvalue weighted by molar-refractivity contribution is 5.69. The highest BCUT2D eigenvalue weighted by Crippen LogP contribution is 2.17. The van der Waals surface area contributed by atoms with Crippen LogP contribution in [0, 0.1) is 0 Å². The summed E-state index contributed by atoms with van der Waals surface area (Å²) < 4.78 is 0. The van der Waals surface area contributed by atoms with Crippen molar-refractivity contribution in [1.82, 2.24) is 4.90 Å². The van der Waals surface area contributed by atoms with Gasteiger partial charge in [-0.2, -0.15) is 0 Å². The summed E-state index contributed by atoms with van der Waals surface area (Å²) in [4.78, 5) is 11.7. The molecular weight excluding hydrogens is 178 g/mol. The predicted octanol–water partition coefficient (Wildman–Crippen LogP) is -2.53. The second-order valence-corrected chi connectivity index (χ2v) is 3.13. The quantitative estimate of drug-likeness (QED) is 0.392. The lowest BCUT2D eigenvalue weighted by Gasteiger charge is -2.21. The van der Waals surface area contributed by atoms with Crippen LogP contribution in [-0.2, 0) is 4.79 Å². The van der Waals surface area contributed by atoms with Gasteiger partial charge in [0, 0.05) is 6.54 Å². The predicted molar refractivity (Wildman–Crippen MR) is 42.1 cm³/mol. The molecule has 1 heterocycles. The summed E-state index contributed by atoms with van der Waals surface area (Å²) in [6, 6.07) is -0.675. The van der Waals surface area contributed by atoms with Crippen molar-refractivity contribution in [2.45, 2.75) is 18.2 Å². The van der Waals surface area contributed by atoms with Crippen molar-refractivity contribution in [3.05, 3.63) is 0 Å². The Morgan fingerprint density at radius 1 is 1.46 bits per heavy atom. The zero-order chi connectivity index (χ0) is 10.0. The number of nitrogens with zero attached hydrogens (tertiary/aromatic N) is 1. The van der Waals surface area contributed by atoms with E-state index in [1.54, 1.807) is 0 Å². The third-order valence-corrected chi connectivity index (χ3v) is 2.20. The van der Waals surface area contributed by atoms with E-state index in [2.05, 4.69) is 0 Å². The van der Waals surface area contributed by atoms with Gasteiger partial charge in [-0.05, 0) is 0 Å². The van der Waals surface area contributed by atoms with E-state index in [1.807, 2.05) is 0 Å². The van der Waals surface area contributed by atoms with Crippen LogP contribution in [0.4, 0.5) is 0 Å². The molecule has 4 N–H and O–H groups in total. The van der Waals surface area contributed by atoms with Crippen LogP contribution in [-0.4, -0.2) is 69.2 Å². The molecule has 3 unspecified atom stereocenters. The van der Waals surface area contributed by atoms with Gasteiger partial charge < -0.3 is 20.4 Å². The number of carboxylic acids is 1. The number of hydrogen-bond donors (Lipinski definition) is 4. The molecule has 0 aliphatic carbocycles. The van der Waals surface area contributed by atoms with Crippen LogP contribution in [0.3, 0.4) is 0 Å². The summed E-state index contributed by atoms with van der Waals surface area (Å²) in [5, 5.41) is 35.8. The molecule has 76 valence electrons. The van der Waals surface area contributed by atoms with E-state index in [0.717, 1.165) is 0 Å².